The van der Waals surface area contributed by atoms with Crippen LogP contribution in [0.3, 0.4) is 0 Å². The molecule has 0 saturated heterocycles. The van der Waals surface area contributed by atoms with E-state index in [4.69, 9.17) is 0 Å². The smallest absolute Gasteiger partial charge is 0.233 e. The van der Waals surface area contributed by atoms with Gasteiger partial charge in [-0.25, -0.2) is 0 Å². The van der Waals surface area contributed by atoms with Gasteiger partial charge in [-0.15, -0.1) is 0 Å². The van der Waals surface area contributed by atoms with Gasteiger partial charge in [0.15, 0.2) is 5.78 Å². The molecule has 0 atom stereocenters. The van der Waals surface area contributed by atoms with Gasteiger partial charge in [0.2, 0.25) is 6.29 Å². The monoisotopic (exact) mass is 187 g/mol. The van der Waals surface area contributed by atoms with Crippen molar-refractivity contribution in [1.82, 2.24) is 0 Å². The van der Waals surface area contributed by atoms with Gasteiger partial charge in [0, 0.05) is 12.0 Å². The average Bonchev–Trinajstić information content (AvgIpc) is 2.26. The average molecular weight is 187 g/mol. The summed E-state index contributed by atoms with van der Waals surface area (Å²) in [5, 5.41) is 0. The van der Waals surface area contributed by atoms with Gasteiger partial charge in [-0.1, -0.05) is 31.2 Å². The molecule has 0 aliphatic carbocycles. The molecule has 0 heterocycles. The summed E-state index contributed by atoms with van der Waals surface area (Å²) in [7, 11) is 0. The summed E-state index contributed by atoms with van der Waals surface area (Å²) in [4.78, 5) is 21.3. The van der Waals surface area contributed by atoms with Gasteiger partial charge >= 0.3 is 0 Å². The lowest BCUT2D eigenvalue weighted by Crippen LogP contribution is -1.87. The zero-order chi connectivity index (χ0) is 10.4. The first-order valence-electron chi connectivity index (χ1n) is 4.45. The fraction of sp³-hybridized carbons (Fsp3) is 0.167. The number of ketones is 1. The highest BCUT2D eigenvalue weighted by molar-refractivity contribution is 5.93. The van der Waals surface area contributed by atoms with E-state index in [1.54, 1.807) is 30.6 Å². The van der Waals surface area contributed by atoms with E-state index in [-0.39, 0.29) is 5.78 Å². The Balaban J connectivity index is 2.81. The topological polar surface area (TPSA) is 34.1 Å². The molecule has 1 rings (SSSR count). The van der Waals surface area contributed by atoms with Crippen molar-refractivity contribution in [3.8, 4) is 0 Å². The van der Waals surface area contributed by atoms with Crippen molar-refractivity contribution in [2.24, 2.45) is 0 Å². The van der Waals surface area contributed by atoms with Crippen molar-refractivity contribution in [2.45, 2.75) is 13.3 Å². The van der Waals surface area contributed by atoms with Gasteiger partial charge in [0.25, 0.3) is 0 Å². The molecule has 0 N–H and O–H groups in total. The van der Waals surface area contributed by atoms with Crippen LogP contribution < -0.4 is 0 Å². The summed E-state index contributed by atoms with van der Waals surface area (Å²) >= 11 is 0. The van der Waals surface area contributed by atoms with Gasteiger partial charge in [-0.05, 0) is 17.7 Å². The molecule has 2 heteroatoms. The lowest BCUT2D eigenvalue weighted by atomic mass is 10.1. The van der Waals surface area contributed by atoms with Crippen molar-refractivity contribution in [1.29, 1.82) is 0 Å². The summed E-state index contributed by atoms with van der Waals surface area (Å²) in [6.45, 7) is 1.81. The Morgan fingerprint density at radius 3 is 2.93 bits per heavy atom. The number of rotatable bonds is 4. The van der Waals surface area contributed by atoms with Crippen molar-refractivity contribution in [2.75, 3.05) is 0 Å². The molecule has 0 bridgehead atoms. The Labute approximate surface area is 83.3 Å². The van der Waals surface area contributed by atoms with Crippen LogP contribution in [0, 0.1) is 0 Å². The standard InChI is InChI=1S/C12H11O2/c1-2-12(14)7-6-10-4-3-5-11(8-10)9-13/h3-8H,2H2,1H3. The second kappa shape index (κ2) is 5.12. The maximum atomic E-state index is 11.0. The van der Waals surface area contributed by atoms with Gasteiger partial charge in [-0.2, -0.15) is 0 Å². The summed E-state index contributed by atoms with van der Waals surface area (Å²) in [6, 6.07) is 6.95. The third kappa shape index (κ3) is 2.98. The van der Waals surface area contributed by atoms with E-state index >= 15 is 0 Å². The fourth-order valence-electron chi connectivity index (χ4n) is 1.01. The lowest BCUT2D eigenvalue weighted by Gasteiger charge is -1.93. The first kappa shape index (κ1) is 10.4. The van der Waals surface area contributed by atoms with E-state index < -0.39 is 0 Å². The number of hydrogen-bond donors (Lipinski definition) is 0. The van der Waals surface area contributed by atoms with Crippen molar-refractivity contribution >= 4 is 18.1 Å². The zero-order valence-electron chi connectivity index (χ0n) is 7.99. The Bertz CT molecular complexity index is 364. The largest absolute Gasteiger partial charge is 0.295 e. The number of allylic oxidation sites excluding steroid dienone is 1. The van der Waals surface area contributed by atoms with Crippen molar-refractivity contribution < 1.29 is 9.59 Å². The summed E-state index contributed by atoms with van der Waals surface area (Å²) in [5.41, 5.74) is 1.34. The normalized spacial score (nSPS) is 10.4. The number of carbonyl (C=O) groups is 1. The second-order valence-electron chi connectivity index (χ2n) is 2.88. The molecule has 1 radical (unpaired) electrons. The van der Waals surface area contributed by atoms with Crippen LogP contribution >= 0.6 is 0 Å². The van der Waals surface area contributed by atoms with Crippen LogP contribution in [0.25, 0.3) is 6.08 Å². The summed E-state index contributed by atoms with van der Waals surface area (Å²) in [5.74, 6) is 0.0745. The minimum Gasteiger partial charge on any atom is -0.295 e. The predicted octanol–water partition coefficient (Wildman–Crippen LogP) is 2.14. The van der Waals surface area contributed by atoms with Crippen LogP contribution in [0.5, 0.6) is 0 Å². The molecular weight excluding hydrogens is 176 g/mol. The first-order valence-corrected chi connectivity index (χ1v) is 4.45. The molecule has 1 aromatic rings. The minimum absolute atomic E-state index is 0.0745. The lowest BCUT2D eigenvalue weighted by molar-refractivity contribution is -0.114. The molecule has 1 aromatic carbocycles. The fourth-order valence-corrected chi connectivity index (χ4v) is 1.01. The SMILES string of the molecule is CCC(=O)C=Cc1cccc([C]=O)c1. The van der Waals surface area contributed by atoms with Gasteiger partial charge in [0.1, 0.15) is 0 Å². The third-order valence-corrected chi connectivity index (χ3v) is 1.81. The molecule has 0 saturated carbocycles. The maximum Gasteiger partial charge on any atom is 0.233 e. The van der Waals surface area contributed by atoms with Crippen LogP contribution in [0.4, 0.5) is 0 Å². The first-order chi connectivity index (χ1) is 6.76. The highest BCUT2D eigenvalue weighted by Crippen LogP contribution is 2.05. The quantitative estimate of drug-likeness (QED) is 0.677. The molecule has 0 spiro atoms. The van der Waals surface area contributed by atoms with E-state index in [0.29, 0.717) is 12.0 Å². The Hall–Kier alpha value is -1.70. The number of benzene rings is 1. The van der Waals surface area contributed by atoms with Crippen molar-refractivity contribution in [3.05, 3.63) is 41.5 Å². The van der Waals surface area contributed by atoms with E-state index in [1.807, 2.05) is 13.0 Å². The highest BCUT2D eigenvalue weighted by Gasteiger charge is 1.93. The molecular formula is C12H11O2. The molecule has 0 amide bonds. The third-order valence-electron chi connectivity index (χ3n) is 1.81. The molecule has 0 aliphatic rings. The van der Waals surface area contributed by atoms with Crippen LogP contribution in [-0.4, -0.2) is 12.1 Å². The van der Waals surface area contributed by atoms with Gasteiger partial charge < -0.3 is 0 Å². The molecule has 2 nitrogen and oxygen atoms in total. The Kier molecular flexibility index (Phi) is 3.80. The summed E-state index contributed by atoms with van der Waals surface area (Å²) in [6.07, 6.45) is 5.52. The zero-order valence-corrected chi connectivity index (χ0v) is 7.99. The molecule has 0 aliphatic heterocycles. The summed E-state index contributed by atoms with van der Waals surface area (Å²) < 4.78 is 0. The Morgan fingerprint density at radius 2 is 2.29 bits per heavy atom. The molecule has 0 aromatic heterocycles. The van der Waals surface area contributed by atoms with E-state index in [2.05, 4.69) is 0 Å². The maximum absolute atomic E-state index is 11.0. The minimum atomic E-state index is 0.0745. The van der Waals surface area contributed by atoms with Gasteiger partial charge in [-0.3, -0.25) is 9.59 Å². The van der Waals surface area contributed by atoms with Crippen LogP contribution in [0.15, 0.2) is 30.3 Å². The van der Waals surface area contributed by atoms with E-state index in [0.717, 1.165) is 5.56 Å². The van der Waals surface area contributed by atoms with Crippen molar-refractivity contribution in [3.63, 3.8) is 0 Å². The van der Waals surface area contributed by atoms with Crippen LogP contribution in [0.2, 0.25) is 0 Å². The molecule has 0 fully saturated rings. The van der Waals surface area contributed by atoms with E-state index in [1.165, 1.54) is 6.08 Å². The second-order valence-corrected chi connectivity index (χ2v) is 2.88. The predicted molar refractivity (Wildman–Crippen MR) is 55.6 cm³/mol. The van der Waals surface area contributed by atoms with Crippen LogP contribution in [-0.2, 0) is 9.59 Å². The number of carbonyl (C=O) groups excluding carboxylic acids is 2. The van der Waals surface area contributed by atoms with E-state index in [9.17, 15) is 9.59 Å². The highest BCUT2D eigenvalue weighted by atomic mass is 16.1. The molecule has 71 valence electrons. The number of hydrogen-bond acceptors (Lipinski definition) is 2. The van der Waals surface area contributed by atoms with Crippen LogP contribution in [0.1, 0.15) is 24.5 Å². The molecule has 0 unspecified atom stereocenters. The molecule has 14 heavy (non-hydrogen) atoms. The Morgan fingerprint density at radius 1 is 1.50 bits per heavy atom. The van der Waals surface area contributed by atoms with Gasteiger partial charge in [0.05, 0.1) is 0 Å².